The molecule has 0 bridgehead atoms. The van der Waals surface area contributed by atoms with Crippen molar-refractivity contribution in [3.05, 3.63) is 63.3 Å². The number of anilines is 1. The van der Waals surface area contributed by atoms with E-state index >= 15 is 0 Å². The van der Waals surface area contributed by atoms with Crippen LogP contribution in [-0.4, -0.2) is 21.0 Å². The average Bonchev–Trinajstić information content (AvgIpc) is 2.96. The molecule has 3 aromatic rings. The maximum atomic E-state index is 12.3. The van der Waals surface area contributed by atoms with Gasteiger partial charge < -0.3 is 5.32 Å². The normalized spacial score (nSPS) is 10.8. The molecular formula is C17H16N4O3. The summed E-state index contributed by atoms with van der Waals surface area (Å²) in [5.74, 6) is -0.222. The van der Waals surface area contributed by atoms with Crippen LogP contribution >= 0.6 is 0 Å². The molecular weight excluding hydrogens is 308 g/mol. The Labute approximate surface area is 137 Å². The molecule has 1 heterocycles. The molecule has 0 aliphatic heterocycles. The lowest BCUT2D eigenvalue weighted by Crippen LogP contribution is -2.16. The molecule has 7 heteroatoms. The predicted molar refractivity (Wildman–Crippen MR) is 91.0 cm³/mol. The molecule has 0 spiro atoms. The van der Waals surface area contributed by atoms with Crippen molar-refractivity contribution in [2.24, 2.45) is 0 Å². The van der Waals surface area contributed by atoms with E-state index < -0.39 is 4.92 Å². The van der Waals surface area contributed by atoms with Gasteiger partial charge in [0.25, 0.3) is 5.69 Å². The minimum Gasteiger partial charge on any atom is -0.325 e. The second-order valence-corrected chi connectivity index (χ2v) is 5.67. The van der Waals surface area contributed by atoms with Gasteiger partial charge in [-0.1, -0.05) is 12.1 Å². The van der Waals surface area contributed by atoms with Gasteiger partial charge in [0.1, 0.15) is 0 Å². The van der Waals surface area contributed by atoms with Crippen LogP contribution in [0.1, 0.15) is 16.7 Å². The van der Waals surface area contributed by atoms with Gasteiger partial charge in [0.15, 0.2) is 0 Å². The molecule has 0 saturated carbocycles. The first-order valence-electron chi connectivity index (χ1n) is 7.42. The van der Waals surface area contributed by atoms with E-state index in [1.807, 2.05) is 19.1 Å². The molecule has 3 rings (SSSR count). The van der Waals surface area contributed by atoms with E-state index in [9.17, 15) is 14.9 Å². The molecule has 2 aromatic carbocycles. The number of carbonyl (C=O) groups is 1. The summed E-state index contributed by atoms with van der Waals surface area (Å²) < 4.78 is 0. The Morgan fingerprint density at radius 1 is 1.33 bits per heavy atom. The van der Waals surface area contributed by atoms with Crippen molar-refractivity contribution in [2.45, 2.75) is 20.3 Å². The van der Waals surface area contributed by atoms with Gasteiger partial charge in [-0.2, -0.15) is 5.10 Å². The van der Waals surface area contributed by atoms with Crippen LogP contribution in [0.15, 0.2) is 36.5 Å². The zero-order chi connectivity index (χ0) is 17.3. The number of hydrogen-bond donors (Lipinski definition) is 2. The number of amides is 1. The Morgan fingerprint density at radius 2 is 2.12 bits per heavy atom. The van der Waals surface area contributed by atoms with Gasteiger partial charge in [0.2, 0.25) is 5.91 Å². The monoisotopic (exact) mass is 324 g/mol. The van der Waals surface area contributed by atoms with Crippen molar-refractivity contribution in [1.82, 2.24) is 10.2 Å². The number of carbonyl (C=O) groups excluding carboxylic acids is 1. The fourth-order valence-corrected chi connectivity index (χ4v) is 2.67. The van der Waals surface area contributed by atoms with E-state index in [0.29, 0.717) is 16.8 Å². The van der Waals surface area contributed by atoms with E-state index in [4.69, 9.17) is 0 Å². The molecule has 24 heavy (non-hydrogen) atoms. The number of benzene rings is 2. The van der Waals surface area contributed by atoms with Gasteiger partial charge in [-0.15, -0.1) is 0 Å². The third-order valence-electron chi connectivity index (χ3n) is 4.02. The molecule has 0 aliphatic rings. The number of rotatable bonds is 4. The minimum atomic E-state index is -0.437. The van der Waals surface area contributed by atoms with E-state index in [-0.39, 0.29) is 18.0 Å². The van der Waals surface area contributed by atoms with Crippen LogP contribution < -0.4 is 5.32 Å². The van der Waals surface area contributed by atoms with Crippen LogP contribution in [-0.2, 0) is 11.2 Å². The van der Waals surface area contributed by atoms with Crippen LogP contribution in [0.2, 0.25) is 0 Å². The molecule has 0 saturated heterocycles. The molecule has 2 N–H and O–H groups in total. The number of nitro benzene ring substituents is 1. The molecule has 7 nitrogen and oxygen atoms in total. The summed E-state index contributed by atoms with van der Waals surface area (Å²) in [6, 6.07) is 8.53. The Hall–Kier alpha value is -3.22. The Balaban J connectivity index is 1.81. The van der Waals surface area contributed by atoms with Gasteiger partial charge in [0, 0.05) is 22.7 Å². The fraction of sp³-hybridized carbons (Fsp3) is 0.176. The summed E-state index contributed by atoms with van der Waals surface area (Å²) in [7, 11) is 0. The fourth-order valence-electron chi connectivity index (χ4n) is 2.67. The highest BCUT2D eigenvalue weighted by atomic mass is 16.6. The first kappa shape index (κ1) is 15.7. The van der Waals surface area contributed by atoms with Crippen molar-refractivity contribution in [2.75, 3.05) is 5.32 Å². The standard InChI is InChI=1S/C17H16N4O3/c1-10-6-13-9-18-20-15(13)8-14(10)19-17(22)7-12-4-3-5-16(11(12)2)21(23)24/h3-6,8-9H,7H2,1-2H3,(H,18,20)(H,19,22). The smallest absolute Gasteiger partial charge is 0.272 e. The van der Waals surface area contributed by atoms with Crippen molar-refractivity contribution in [3.63, 3.8) is 0 Å². The van der Waals surface area contributed by atoms with E-state index in [1.54, 1.807) is 25.3 Å². The highest BCUT2D eigenvalue weighted by Gasteiger charge is 2.16. The number of fused-ring (bicyclic) bond motifs is 1. The zero-order valence-electron chi connectivity index (χ0n) is 13.3. The van der Waals surface area contributed by atoms with Crippen molar-refractivity contribution < 1.29 is 9.72 Å². The molecule has 0 fully saturated rings. The Kier molecular flexibility index (Phi) is 3.99. The maximum absolute atomic E-state index is 12.3. The summed E-state index contributed by atoms with van der Waals surface area (Å²) in [6.45, 7) is 3.56. The van der Waals surface area contributed by atoms with Crippen LogP contribution in [0.3, 0.4) is 0 Å². The number of aromatic nitrogens is 2. The number of hydrogen-bond acceptors (Lipinski definition) is 4. The Bertz CT molecular complexity index is 946. The molecule has 1 aromatic heterocycles. The molecule has 0 radical (unpaired) electrons. The first-order valence-corrected chi connectivity index (χ1v) is 7.42. The van der Waals surface area contributed by atoms with Crippen molar-refractivity contribution in [3.8, 4) is 0 Å². The van der Waals surface area contributed by atoms with E-state index in [0.717, 1.165) is 16.5 Å². The van der Waals surface area contributed by atoms with Gasteiger partial charge in [-0.3, -0.25) is 20.0 Å². The van der Waals surface area contributed by atoms with Gasteiger partial charge in [-0.25, -0.2) is 0 Å². The van der Waals surface area contributed by atoms with Crippen LogP contribution in [0, 0.1) is 24.0 Å². The number of H-pyrrole nitrogens is 1. The largest absolute Gasteiger partial charge is 0.325 e. The first-order chi connectivity index (χ1) is 11.5. The van der Waals surface area contributed by atoms with Crippen LogP contribution in [0.25, 0.3) is 10.9 Å². The predicted octanol–water partition coefficient (Wildman–Crippen LogP) is 3.27. The molecule has 122 valence electrons. The second-order valence-electron chi connectivity index (χ2n) is 5.67. The second kappa shape index (κ2) is 6.11. The van der Waals surface area contributed by atoms with E-state index in [1.165, 1.54) is 6.07 Å². The molecule has 0 unspecified atom stereocenters. The van der Waals surface area contributed by atoms with Gasteiger partial charge in [0.05, 0.1) is 23.1 Å². The summed E-state index contributed by atoms with van der Waals surface area (Å²) >= 11 is 0. The van der Waals surface area contributed by atoms with Crippen LogP contribution in [0.4, 0.5) is 11.4 Å². The van der Waals surface area contributed by atoms with E-state index in [2.05, 4.69) is 15.5 Å². The van der Waals surface area contributed by atoms with Gasteiger partial charge >= 0.3 is 0 Å². The lowest BCUT2D eigenvalue weighted by Gasteiger charge is -2.10. The summed E-state index contributed by atoms with van der Waals surface area (Å²) in [6.07, 6.45) is 1.80. The number of nitrogens with one attached hydrogen (secondary N) is 2. The third-order valence-corrected chi connectivity index (χ3v) is 4.02. The quantitative estimate of drug-likeness (QED) is 0.568. The third kappa shape index (κ3) is 2.96. The lowest BCUT2D eigenvalue weighted by molar-refractivity contribution is -0.385. The summed E-state index contributed by atoms with van der Waals surface area (Å²) in [4.78, 5) is 22.9. The number of nitro groups is 1. The van der Waals surface area contributed by atoms with Crippen molar-refractivity contribution >= 4 is 28.2 Å². The lowest BCUT2D eigenvalue weighted by atomic mass is 10.0. The molecule has 0 aliphatic carbocycles. The molecule has 1 amide bonds. The maximum Gasteiger partial charge on any atom is 0.272 e. The van der Waals surface area contributed by atoms with Crippen LogP contribution in [0.5, 0.6) is 0 Å². The SMILES string of the molecule is Cc1cc2cn[nH]c2cc1NC(=O)Cc1cccc([N+](=O)[O-])c1C. The topological polar surface area (TPSA) is 101 Å². The minimum absolute atomic E-state index is 0.0235. The molecule has 0 atom stereocenters. The number of nitrogens with zero attached hydrogens (tertiary/aromatic N) is 2. The highest BCUT2D eigenvalue weighted by molar-refractivity contribution is 5.96. The number of aromatic amines is 1. The summed E-state index contributed by atoms with van der Waals surface area (Å²) in [5.41, 5.74) is 3.63. The zero-order valence-corrected chi connectivity index (χ0v) is 13.3. The highest BCUT2D eigenvalue weighted by Crippen LogP contribution is 2.24. The van der Waals surface area contributed by atoms with Gasteiger partial charge in [-0.05, 0) is 37.1 Å². The summed E-state index contributed by atoms with van der Waals surface area (Å²) in [5, 5.41) is 21.7. The van der Waals surface area contributed by atoms with Crippen molar-refractivity contribution in [1.29, 1.82) is 0 Å². The number of aryl methyl sites for hydroxylation is 1. The Morgan fingerprint density at radius 3 is 2.88 bits per heavy atom. The average molecular weight is 324 g/mol.